The molecule has 0 amide bonds. The third kappa shape index (κ3) is 2.14. The van der Waals surface area contributed by atoms with Gasteiger partial charge in [-0.05, 0) is 12.1 Å². The Labute approximate surface area is 235 Å². The van der Waals surface area contributed by atoms with E-state index in [1.54, 1.807) is 0 Å². The van der Waals surface area contributed by atoms with Gasteiger partial charge in [-0.3, -0.25) is 19.2 Å². The van der Waals surface area contributed by atoms with Crippen LogP contribution in [0.4, 0.5) is 0 Å². The van der Waals surface area contributed by atoms with Gasteiger partial charge in [0.15, 0.2) is 23.1 Å². The molecule has 4 saturated carbocycles. The second kappa shape index (κ2) is 7.20. The summed E-state index contributed by atoms with van der Waals surface area (Å²) < 4.78 is 10.3. The minimum absolute atomic E-state index is 0.0209. The van der Waals surface area contributed by atoms with Gasteiger partial charge in [-0.15, -0.1) is 0 Å². The number of allylic oxidation sites excluding steroid dienone is 2. The molecular weight excluding hydrogens is 552 g/mol. The molecule has 6 aliphatic rings. The van der Waals surface area contributed by atoms with Crippen molar-refractivity contribution in [3.05, 3.63) is 57.7 Å². The molecule has 12 heteroatoms. The molecule has 214 valence electrons. The molecule has 2 aromatic rings. The number of rotatable bonds is 2. The van der Waals surface area contributed by atoms with E-state index in [2.05, 4.69) is 0 Å². The van der Waals surface area contributed by atoms with Crippen LogP contribution in [0.5, 0.6) is 23.0 Å². The molecule has 0 heterocycles. The van der Waals surface area contributed by atoms with Crippen LogP contribution in [0.1, 0.15) is 31.8 Å². The third-order valence-corrected chi connectivity index (χ3v) is 10.6. The lowest BCUT2D eigenvalue weighted by atomic mass is 9.46. The Bertz CT molecular complexity index is 1720. The Balaban J connectivity index is 1.52. The summed E-state index contributed by atoms with van der Waals surface area (Å²) in [4.78, 5) is 58.2. The van der Waals surface area contributed by atoms with Gasteiger partial charge < -0.3 is 40.1 Å². The topological polar surface area (TPSA) is 208 Å². The lowest BCUT2D eigenvalue weighted by molar-refractivity contribution is -0.142. The molecule has 6 N–H and O–H groups in total. The van der Waals surface area contributed by atoms with Gasteiger partial charge in [0.2, 0.25) is 0 Å². The maximum atomic E-state index is 14.6. The number of carbonyl (C=O) groups is 4. The first-order chi connectivity index (χ1) is 19.9. The fourth-order valence-electron chi connectivity index (χ4n) is 9.41. The van der Waals surface area contributed by atoms with E-state index in [4.69, 9.17) is 9.47 Å². The number of phenols is 2. The summed E-state index contributed by atoms with van der Waals surface area (Å²) in [7, 11) is 2.55. The zero-order valence-electron chi connectivity index (χ0n) is 21.9. The van der Waals surface area contributed by atoms with Crippen molar-refractivity contribution in [2.24, 2.45) is 34.5 Å². The molecular formula is C30H22O12. The first-order valence-electron chi connectivity index (χ1n) is 13.2. The number of benzene rings is 2. The Kier molecular flexibility index (Phi) is 4.30. The molecule has 0 saturated heterocycles. The lowest BCUT2D eigenvalue weighted by Crippen LogP contribution is -2.65. The van der Waals surface area contributed by atoms with Crippen molar-refractivity contribution in [2.75, 3.05) is 14.2 Å². The van der Waals surface area contributed by atoms with Gasteiger partial charge in [-0.2, -0.15) is 0 Å². The molecule has 0 unspecified atom stereocenters. The average Bonchev–Trinajstić information content (AvgIpc) is 3.31. The van der Waals surface area contributed by atoms with Crippen molar-refractivity contribution in [2.45, 2.75) is 12.2 Å². The van der Waals surface area contributed by atoms with E-state index in [1.165, 1.54) is 26.4 Å². The third-order valence-electron chi connectivity index (χ3n) is 10.6. The number of fused-ring (bicyclic) bond motifs is 4. The fourth-order valence-corrected chi connectivity index (χ4v) is 9.41. The standard InChI is InChI=1S/C30H22O12/c1-41-7-3-9-13(11(31)5-7)21(33)17-25(37)20-23(35)15-16-24(36)19(29(15,17)27(9)39)26(38)18-22(34)14-10(28(40)30(16,18)20)4-8(42-2)6-12(14)32/h3-6,15-16,19-20,23-24,31-36H,1-2H3/t15-,16-,19+,20+,23-,24-,29+,30+/m0/s1. The number of aliphatic hydroxyl groups excluding tert-OH is 4. The van der Waals surface area contributed by atoms with E-state index in [9.17, 15) is 49.8 Å². The fraction of sp³-hybridized carbons (Fsp3) is 0.333. The van der Waals surface area contributed by atoms with Gasteiger partial charge in [0.25, 0.3) is 0 Å². The number of aliphatic hydroxyl groups is 4. The number of ether oxygens (including phenoxy) is 2. The summed E-state index contributed by atoms with van der Waals surface area (Å²) in [6.45, 7) is 0. The highest BCUT2D eigenvalue weighted by Crippen LogP contribution is 2.80. The predicted molar refractivity (Wildman–Crippen MR) is 138 cm³/mol. The van der Waals surface area contributed by atoms with Crippen molar-refractivity contribution in [3.63, 3.8) is 0 Å². The second-order valence-corrected chi connectivity index (χ2v) is 11.7. The summed E-state index contributed by atoms with van der Waals surface area (Å²) in [5.41, 5.74) is -7.16. The highest BCUT2D eigenvalue weighted by molar-refractivity contribution is 6.30. The van der Waals surface area contributed by atoms with Crippen LogP contribution < -0.4 is 9.47 Å². The minimum Gasteiger partial charge on any atom is -0.507 e. The molecule has 8 atom stereocenters. The lowest BCUT2D eigenvalue weighted by Gasteiger charge is -2.53. The average molecular weight is 574 g/mol. The van der Waals surface area contributed by atoms with Crippen LogP contribution in [0.3, 0.4) is 0 Å². The molecule has 0 radical (unpaired) electrons. The van der Waals surface area contributed by atoms with Crippen LogP contribution in [0.2, 0.25) is 0 Å². The first kappa shape index (κ1) is 25.1. The molecule has 4 fully saturated rings. The normalized spacial score (nSPS) is 36.7. The highest BCUT2D eigenvalue weighted by atomic mass is 16.5. The van der Waals surface area contributed by atoms with E-state index in [0.717, 1.165) is 12.1 Å². The Morgan fingerprint density at radius 2 is 0.976 bits per heavy atom. The first-order valence-corrected chi connectivity index (χ1v) is 13.2. The molecule has 4 bridgehead atoms. The van der Waals surface area contributed by atoms with E-state index in [0.29, 0.717) is 0 Å². The van der Waals surface area contributed by atoms with Gasteiger partial charge >= 0.3 is 0 Å². The number of ketones is 4. The number of aromatic hydroxyl groups is 2. The maximum absolute atomic E-state index is 14.6. The molecule has 6 aliphatic carbocycles. The van der Waals surface area contributed by atoms with Crippen LogP contribution in [-0.2, 0) is 9.59 Å². The number of methoxy groups -OCH3 is 2. The second-order valence-electron chi connectivity index (χ2n) is 11.7. The molecule has 2 spiro atoms. The van der Waals surface area contributed by atoms with Crippen LogP contribution in [0.15, 0.2) is 35.4 Å². The molecule has 0 aliphatic heterocycles. The van der Waals surface area contributed by atoms with Gasteiger partial charge in [0.1, 0.15) is 34.5 Å². The zero-order chi connectivity index (χ0) is 29.9. The van der Waals surface area contributed by atoms with E-state index < -0.39 is 104 Å². The largest absolute Gasteiger partial charge is 0.507 e. The van der Waals surface area contributed by atoms with Crippen molar-refractivity contribution in [1.29, 1.82) is 0 Å². The van der Waals surface area contributed by atoms with Crippen molar-refractivity contribution in [3.8, 4) is 23.0 Å². The quantitative estimate of drug-likeness (QED) is 0.298. The van der Waals surface area contributed by atoms with Crippen molar-refractivity contribution in [1.82, 2.24) is 0 Å². The summed E-state index contributed by atoms with van der Waals surface area (Å²) in [5, 5.41) is 68.2. The van der Waals surface area contributed by atoms with E-state index in [-0.39, 0.29) is 33.8 Å². The predicted octanol–water partition coefficient (Wildman–Crippen LogP) is 1.10. The monoisotopic (exact) mass is 574 g/mol. The van der Waals surface area contributed by atoms with Crippen LogP contribution >= 0.6 is 0 Å². The van der Waals surface area contributed by atoms with Crippen molar-refractivity contribution < 1.29 is 59.3 Å². The van der Waals surface area contributed by atoms with Crippen LogP contribution in [-0.4, -0.2) is 80.2 Å². The highest BCUT2D eigenvalue weighted by Gasteiger charge is 2.89. The summed E-state index contributed by atoms with van der Waals surface area (Å²) >= 11 is 0. The summed E-state index contributed by atoms with van der Waals surface area (Å²) in [5.74, 6) is -13.1. The van der Waals surface area contributed by atoms with Gasteiger partial charge in [0.05, 0.1) is 71.4 Å². The van der Waals surface area contributed by atoms with E-state index >= 15 is 0 Å². The molecule has 0 aromatic heterocycles. The molecule has 8 rings (SSSR count). The van der Waals surface area contributed by atoms with Gasteiger partial charge in [0, 0.05) is 35.1 Å². The smallest absolute Gasteiger partial charge is 0.175 e. The number of phenolic OH excluding ortho intramolecular Hbond substituents is 2. The van der Waals surface area contributed by atoms with Gasteiger partial charge in [-0.1, -0.05) is 0 Å². The number of carbonyl (C=O) groups excluding carboxylic acids is 4. The summed E-state index contributed by atoms with van der Waals surface area (Å²) in [6, 6.07) is 4.67. The van der Waals surface area contributed by atoms with E-state index in [1.807, 2.05) is 0 Å². The Morgan fingerprint density at radius 3 is 1.31 bits per heavy atom. The maximum Gasteiger partial charge on any atom is 0.175 e. The molecule has 2 aromatic carbocycles. The zero-order valence-corrected chi connectivity index (χ0v) is 21.9. The molecule has 42 heavy (non-hydrogen) atoms. The van der Waals surface area contributed by atoms with Crippen LogP contribution in [0, 0.1) is 34.5 Å². The van der Waals surface area contributed by atoms with Gasteiger partial charge in [-0.25, -0.2) is 0 Å². The Morgan fingerprint density at radius 1 is 0.619 bits per heavy atom. The Hall–Kier alpha value is -4.68. The number of hydrogen-bond acceptors (Lipinski definition) is 12. The van der Waals surface area contributed by atoms with Crippen molar-refractivity contribution >= 4 is 34.7 Å². The minimum atomic E-state index is -2.33. The number of Topliss-reactive ketones (excluding diaryl/α,β-unsaturated/α-hetero) is 4. The van der Waals surface area contributed by atoms with Crippen LogP contribution in [0.25, 0.3) is 11.5 Å². The number of hydrogen-bond donors (Lipinski definition) is 6. The SMILES string of the molecule is COc1cc(O)c2c(c1)C(=O)[C@@]13C(=C2O)C(=O)[C@H]2[C@@H](O)[C@@H]1[C@H]1[C@H](O)[C@@H]3C(=O)C3=C(O)c4c(O)cc(OC)cc4C(=O)[C@@]312. The summed E-state index contributed by atoms with van der Waals surface area (Å²) in [6.07, 6.45) is -3.49. The molecule has 12 nitrogen and oxygen atoms in total.